The van der Waals surface area contributed by atoms with E-state index < -0.39 is 16.1 Å². The molecule has 0 saturated heterocycles. The Morgan fingerprint density at radius 3 is 2.10 bits per heavy atom. The van der Waals surface area contributed by atoms with Crippen LogP contribution in [0.2, 0.25) is 0 Å². The molecule has 0 saturated carbocycles. The van der Waals surface area contributed by atoms with Gasteiger partial charge >= 0.3 is 0 Å². The SMILES string of the molecule is CC[C@H](C(=O)NCCCc1ccc(C)cc1)N(c1cc(C)cc(C)c1)S(C)(=O)=O. The Bertz CT molecular complexity index is 917. The number of carbonyl (C=O) groups excluding carboxylic acids is 1. The van der Waals surface area contributed by atoms with Gasteiger partial charge in [-0.25, -0.2) is 8.42 Å². The summed E-state index contributed by atoms with van der Waals surface area (Å²) in [5.74, 6) is -0.263. The minimum absolute atomic E-state index is 0.263. The number of nitrogens with zero attached hydrogens (tertiary/aromatic N) is 1. The number of hydrogen-bond donors (Lipinski definition) is 1. The molecule has 0 aliphatic rings. The first-order chi connectivity index (χ1) is 13.6. The molecule has 0 heterocycles. The van der Waals surface area contributed by atoms with Gasteiger partial charge in [-0.3, -0.25) is 9.10 Å². The lowest BCUT2D eigenvalue weighted by atomic mass is 10.1. The van der Waals surface area contributed by atoms with Gasteiger partial charge in [0.15, 0.2) is 0 Å². The number of anilines is 1. The highest BCUT2D eigenvalue weighted by Gasteiger charge is 2.31. The summed E-state index contributed by atoms with van der Waals surface area (Å²) < 4.78 is 26.3. The zero-order chi connectivity index (χ0) is 21.6. The van der Waals surface area contributed by atoms with Crippen LogP contribution in [0.5, 0.6) is 0 Å². The second-order valence-electron chi connectivity index (χ2n) is 7.71. The molecule has 1 N–H and O–H groups in total. The average Bonchev–Trinajstić information content (AvgIpc) is 2.62. The van der Waals surface area contributed by atoms with E-state index in [2.05, 4.69) is 36.5 Å². The maximum absolute atomic E-state index is 12.8. The van der Waals surface area contributed by atoms with Crippen LogP contribution in [0.4, 0.5) is 5.69 Å². The summed E-state index contributed by atoms with van der Waals surface area (Å²) in [6, 6.07) is 13.2. The highest BCUT2D eigenvalue weighted by Crippen LogP contribution is 2.25. The average molecular weight is 417 g/mol. The van der Waals surface area contributed by atoms with Crippen LogP contribution in [0.25, 0.3) is 0 Å². The third kappa shape index (κ3) is 6.60. The van der Waals surface area contributed by atoms with E-state index in [9.17, 15) is 13.2 Å². The number of hydrogen-bond acceptors (Lipinski definition) is 3. The quantitative estimate of drug-likeness (QED) is 0.631. The van der Waals surface area contributed by atoms with Gasteiger partial charge in [-0.15, -0.1) is 0 Å². The zero-order valence-electron chi connectivity index (χ0n) is 18.0. The lowest BCUT2D eigenvalue weighted by molar-refractivity contribution is -0.122. The van der Waals surface area contributed by atoms with Crippen molar-refractivity contribution in [1.29, 1.82) is 0 Å². The summed E-state index contributed by atoms with van der Waals surface area (Å²) in [4.78, 5) is 12.8. The van der Waals surface area contributed by atoms with Crippen LogP contribution < -0.4 is 9.62 Å². The van der Waals surface area contributed by atoms with Crippen molar-refractivity contribution in [2.75, 3.05) is 17.1 Å². The Kier molecular flexibility index (Phi) is 7.85. The molecule has 2 aromatic rings. The van der Waals surface area contributed by atoms with E-state index >= 15 is 0 Å². The van der Waals surface area contributed by atoms with Crippen LogP contribution in [0, 0.1) is 20.8 Å². The highest BCUT2D eigenvalue weighted by molar-refractivity contribution is 7.92. The summed E-state index contributed by atoms with van der Waals surface area (Å²) in [7, 11) is -3.61. The minimum Gasteiger partial charge on any atom is -0.354 e. The lowest BCUT2D eigenvalue weighted by Crippen LogP contribution is -2.49. The van der Waals surface area contributed by atoms with Crippen molar-refractivity contribution in [3.8, 4) is 0 Å². The predicted molar refractivity (Wildman–Crippen MR) is 120 cm³/mol. The molecule has 6 heteroatoms. The molecule has 0 aromatic heterocycles. The Labute approximate surface area is 175 Å². The molecule has 0 aliphatic carbocycles. The number of nitrogens with one attached hydrogen (secondary N) is 1. The number of amides is 1. The van der Waals surface area contributed by atoms with Crippen molar-refractivity contribution >= 4 is 21.6 Å². The van der Waals surface area contributed by atoms with Crippen molar-refractivity contribution < 1.29 is 13.2 Å². The highest BCUT2D eigenvalue weighted by atomic mass is 32.2. The third-order valence-corrected chi connectivity index (χ3v) is 6.03. The molecule has 0 unspecified atom stereocenters. The summed E-state index contributed by atoms with van der Waals surface area (Å²) in [5.41, 5.74) is 4.90. The number of rotatable bonds is 9. The van der Waals surface area contributed by atoms with Crippen LogP contribution >= 0.6 is 0 Å². The standard InChI is InChI=1S/C23H32N2O3S/c1-6-22(23(26)24-13-7-8-20-11-9-17(2)10-12-20)25(29(5,27)28)21-15-18(3)14-19(4)16-21/h9-12,14-16,22H,6-8,13H2,1-5H3,(H,24,26)/t22-/m1/s1. The predicted octanol–water partition coefficient (Wildman–Crippen LogP) is 3.91. The summed E-state index contributed by atoms with van der Waals surface area (Å²) >= 11 is 0. The third-order valence-electron chi connectivity index (χ3n) is 4.85. The van der Waals surface area contributed by atoms with Crippen molar-refractivity contribution in [1.82, 2.24) is 5.32 Å². The molecular weight excluding hydrogens is 384 g/mol. The van der Waals surface area contributed by atoms with Gasteiger partial charge in [0.25, 0.3) is 0 Å². The first-order valence-corrected chi connectivity index (χ1v) is 11.9. The van der Waals surface area contributed by atoms with Crippen LogP contribution in [0.1, 0.15) is 42.0 Å². The Morgan fingerprint density at radius 1 is 1.00 bits per heavy atom. The van der Waals surface area contributed by atoms with Gasteiger partial charge < -0.3 is 5.32 Å². The molecule has 2 rings (SSSR count). The fourth-order valence-corrected chi connectivity index (χ4v) is 4.71. The number of benzene rings is 2. The topological polar surface area (TPSA) is 66.5 Å². The van der Waals surface area contributed by atoms with E-state index in [4.69, 9.17) is 0 Å². The van der Waals surface area contributed by atoms with Gasteiger partial charge in [-0.05, 0) is 68.9 Å². The summed E-state index contributed by atoms with van der Waals surface area (Å²) in [6.07, 6.45) is 3.21. The second kappa shape index (κ2) is 9.92. The van der Waals surface area contributed by atoms with Crippen molar-refractivity contribution in [3.05, 3.63) is 64.7 Å². The molecule has 0 bridgehead atoms. The Hall–Kier alpha value is -2.34. The first-order valence-electron chi connectivity index (χ1n) is 10.0. The van der Waals surface area contributed by atoms with Gasteiger partial charge in [0, 0.05) is 6.54 Å². The molecule has 29 heavy (non-hydrogen) atoms. The van der Waals surface area contributed by atoms with Gasteiger partial charge in [-0.2, -0.15) is 0 Å². The van der Waals surface area contributed by atoms with Gasteiger partial charge in [0.1, 0.15) is 6.04 Å². The molecule has 2 aromatic carbocycles. The number of sulfonamides is 1. The molecular formula is C23H32N2O3S. The van der Waals surface area contributed by atoms with E-state index in [1.807, 2.05) is 26.8 Å². The van der Waals surface area contributed by atoms with E-state index in [1.165, 1.54) is 15.4 Å². The maximum Gasteiger partial charge on any atom is 0.243 e. The van der Waals surface area contributed by atoms with Crippen LogP contribution in [-0.4, -0.2) is 33.2 Å². The molecule has 0 aliphatic heterocycles. The van der Waals surface area contributed by atoms with Gasteiger partial charge in [0.2, 0.25) is 15.9 Å². The zero-order valence-corrected chi connectivity index (χ0v) is 18.8. The first kappa shape index (κ1) is 22.9. The molecule has 0 fully saturated rings. The van der Waals surface area contributed by atoms with Gasteiger partial charge in [0.05, 0.1) is 11.9 Å². The van der Waals surface area contributed by atoms with Crippen molar-refractivity contribution in [3.63, 3.8) is 0 Å². The smallest absolute Gasteiger partial charge is 0.243 e. The molecule has 0 spiro atoms. The Morgan fingerprint density at radius 2 is 1.59 bits per heavy atom. The maximum atomic E-state index is 12.8. The summed E-state index contributed by atoms with van der Waals surface area (Å²) in [5, 5.41) is 2.92. The van der Waals surface area contributed by atoms with E-state index in [-0.39, 0.29) is 5.91 Å². The summed E-state index contributed by atoms with van der Waals surface area (Å²) in [6.45, 7) is 8.23. The van der Waals surface area contributed by atoms with E-state index in [0.717, 1.165) is 30.2 Å². The van der Waals surface area contributed by atoms with Crippen LogP contribution in [0.3, 0.4) is 0 Å². The van der Waals surface area contributed by atoms with E-state index in [0.29, 0.717) is 18.7 Å². The Balaban J connectivity index is 2.08. The van der Waals surface area contributed by atoms with Crippen molar-refractivity contribution in [2.45, 2.75) is 53.0 Å². The molecule has 158 valence electrons. The lowest BCUT2D eigenvalue weighted by Gasteiger charge is -2.30. The second-order valence-corrected chi connectivity index (χ2v) is 9.57. The number of aryl methyl sites for hydroxylation is 4. The monoisotopic (exact) mass is 416 g/mol. The fraction of sp³-hybridized carbons (Fsp3) is 0.435. The van der Waals surface area contributed by atoms with Gasteiger partial charge in [-0.1, -0.05) is 42.8 Å². The number of carbonyl (C=O) groups is 1. The fourth-order valence-electron chi connectivity index (χ4n) is 3.51. The normalized spacial score (nSPS) is 12.4. The van der Waals surface area contributed by atoms with Crippen LogP contribution in [0.15, 0.2) is 42.5 Å². The van der Waals surface area contributed by atoms with Crippen molar-refractivity contribution in [2.24, 2.45) is 0 Å². The molecule has 1 atom stereocenters. The van der Waals surface area contributed by atoms with Crippen LogP contribution in [-0.2, 0) is 21.2 Å². The van der Waals surface area contributed by atoms with E-state index in [1.54, 1.807) is 12.1 Å². The largest absolute Gasteiger partial charge is 0.354 e. The molecule has 0 radical (unpaired) electrons. The molecule has 5 nitrogen and oxygen atoms in total. The molecule has 1 amide bonds. The minimum atomic E-state index is -3.61.